The Kier molecular flexibility index (Phi) is 7.22. The van der Waals surface area contributed by atoms with Crippen LogP contribution in [-0.2, 0) is 4.74 Å². The van der Waals surface area contributed by atoms with Crippen molar-refractivity contribution in [3.05, 3.63) is 62.7 Å². The van der Waals surface area contributed by atoms with E-state index in [1.807, 2.05) is 4.90 Å². The molecule has 0 N–H and O–H groups in total. The molecule has 10 heteroatoms. The van der Waals surface area contributed by atoms with Crippen molar-refractivity contribution in [1.29, 1.82) is 0 Å². The predicted octanol–water partition coefficient (Wildman–Crippen LogP) is 5.12. The summed E-state index contributed by atoms with van der Waals surface area (Å²) in [5.74, 6) is -0.253. The Morgan fingerprint density at radius 3 is 2.39 bits per heavy atom. The number of hydrogen-bond donors (Lipinski definition) is 0. The molecule has 7 nitrogen and oxygen atoms in total. The zero-order valence-corrected chi connectivity index (χ0v) is 20.1. The number of amides is 1. The fraction of sp³-hybridized carbons (Fsp3) is 0.304. The molecule has 33 heavy (non-hydrogen) atoms. The topological polar surface area (TPSA) is 75.6 Å². The number of ether oxygens (including phenoxy) is 1. The molecular formula is C23H21Cl3N4O3. The Labute approximate surface area is 206 Å². The van der Waals surface area contributed by atoms with Gasteiger partial charge in [-0.25, -0.2) is 14.8 Å². The molecule has 1 amide bonds. The van der Waals surface area contributed by atoms with Crippen molar-refractivity contribution in [3.8, 4) is 0 Å². The van der Waals surface area contributed by atoms with Crippen molar-refractivity contribution >= 4 is 63.5 Å². The van der Waals surface area contributed by atoms with Crippen molar-refractivity contribution in [1.82, 2.24) is 14.9 Å². The summed E-state index contributed by atoms with van der Waals surface area (Å²) in [6.45, 7) is 4.02. The van der Waals surface area contributed by atoms with Crippen LogP contribution < -0.4 is 4.90 Å². The lowest BCUT2D eigenvalue weighted by atomic mass is 10.2. The minimum atomic E-state index is -0.566. The van der Waals surface area contributed by atoms with Crippen LogP contribution in [0.2, 0.25) is 15.1 Å². The molecule has 0 atom stereocenters. The van der Waals surface area contributed by atoms with E-state index in [0.717, 1.165) is 0 Å². The van der Waals surface area contributed by atoms with E-state index in [1.54, 1.807) is 48.2 Å². The highest BCUT2D eigenvalue weighted by Crippen LogP contribution is 2.29. The molecule has 3 aromatic rings. The van der Waals surface area contributed by atoms with Crippen LogP contribution in [0.4, 0.5) is 5.82 Å². The third kappa shape index (κ3) is 5.16. The normalized spacial score (nSPS) is 14.3. The van der Waals surface area contributed by atoms with Crippen molar-refractivity contribution in [2.75, 3.05) is 37.7 Å². The van der Waals surface area contributed by atoms with Crippen LogP contribution in [0.5, 0.6) is 0 Å². The van der Waals surface area contributed by atoms with Crippen molar-refractivity contribution in [2.24, 2.45) is 0 Å². The lowest BCUT2D eigenvalue weighted by Crippen LogP contribution is -2.36. The summed E-state index contributed by atoms with van der Waals surface area (Å²) < 4.78 is 5.22. The Balaban J connectivity index is 1.64. The molecular weight excluding hydrogens is 487 g/mol. The highest BCUT2D eigenvalue weighted by molar-refractivity contribution is 6.42. The van der Waals surface area contributed by atoms with Gasteiger partial charge in [0.05, 0.1) is 27.7 Å². The number of carbonyl (C=O) groups is 2. The van der Waals surface area contributed by atoms with Gasteiger partial charge >= 0.3 is 5.97 Å². The van der Waals surface area contributed by atoms with Crippen LogP contribution in [0.3, 0.4) is 0 Å². The van der Waals surface area contributed by atoms with Gasteiger partial charge in [0.25, 0.3) is 5.91 Å². The van der Waals surface area contributed by atoms with Crippen molar-refractivity contribution in [2.45, 2.75) is 13.3 Å². The van der Waals surface area contributed by atoms with E-state index in [0.29, 0.717) is 70.1 Å². The van der Waals surface area contributed by atoms with Gasteiger partial charge in [-0.2, -0.15) is 0 Å². The second-order valence-corrected chi connectivity index (χ2v) is 8.77. The highest BCUT2D eigenvalue weighted by Gasteiger charge is 2.26. The van der Waals surface area contributed by atoms with E-state index in [2.05, 4.69) is 9.97 Å². The number of benzene rings is 2. The van der Waals surface area contributed by atoms with E-state index >= 15 is 0 Å². The lowest BCUT2D eigenvalue weighted by Gasteiger charge is -2.24. The zero-order valence-electron chi connectivity index (χ0n) is 17.9. The number of hydrogen-bond acceptors (Lipinski definition) is 6. The van der Waals surface area contributed by atoms with Crippen LogP contribution in [0.25, 0.3) is 11.0 Å². The molecule has 0 radical (unpaired) electrons. The van der Waals surface area contributed by atoms with Gasteiger partial charge < -0.3 is 14.5 Å². The molecule has 2 aromatic carbocycles. The van der Waals surface area contributed by atoms with Gasteiger partial charge in [-0.1, -0.05) is 40.9 Å². The van der Waals surface area contributed by atoms with Crippen LogP contribution >= 0.6 is 34.8 Å². The van der Waals surface area contributed by atoms with Gasteiger partial charge in [-0.15, -0.1) is 0 Å². The van der Waals surface area contributed by atoms with E-state index < -0.39 is 5.97 Å². The first-order valence-corrected chi connectivity index (χ1v) is 11.6. The SMILES string of the molecule is CCOC(=O)c1nc2cc(Cl)c(Cl)cc2nc1N1CCCN(C(=O)c2cccc(Cl)c2)CC1. The Hall–Kier alpha value is -2.61. The first-order chi connectivity index (χ1) is 15.9. The van der Waals surface area contributed by atoms with E-state index in [1.165, 1.54) is 0 Å². The Morgan fingerprint density at radius 2 is 1.70 bits per heavy atom. The summed E-state index contributed by atoms with van der Waals surface area (Å²) in [7, 11) is 0. The van der Waals surface area contributed by atoms with Gasteiger partial charge in [-0.3, -0.25) is 4.79 Å². The Morgan fingerprint density at radius 1 is 0.970 bits per heavy atom. The molecule has 0 aliphatic carbocycles. The van der Waals surface area contributed by atoms with E-state index in [9.17, 15) is 9.59 Å². The monoisotopic (exact) mass is 506 g/mol. The number of aromatic nitrogens is 2. The molecule has 0 unspecified atom stereocenters. The minimum absolute atomic E-state index is 0.0871. The molecule has 0 spiro atoms. The summed E-state index contributed by atoms with van der Waals surface area (Å²) in [5.41, 5.74) is 1.62. The summed E-state index contributed by atoms with van der Waals surface area (Å²) >= 11 is 18.3. The summed E-state index contributed by atoms with van der Waals surface area (Å²) in [4.78, 5) is 38.6. The number of anilines is 1. The van der Waals surface area contributed by atoms with Gasteiger partial charge in [0.1, 0.15) is 0 Å². The minimum Gasteiger partial charge on any atom is -0.461 e. The quantitative estimate of drug-likeness (QED) is 0.456. The fourth-order valence-electron chi connectivity index (χ4n) is 3.74. The van der Waals surface area contributed by atoms with Gasteiger partial charge in [0, 0.05) is 36.8 Å². The molecule has 1 aromatic heterocycles. The number of fused-ring (bicyclic) bond motifs is 1. The molecule has 1 fully saturated rings. The summed E-state index contributed by atoms with van der Waals surface area (Å²) in [6.07, 6.45) is 0.690. The fourth-order valence-corrected chi connectivity index (χ4v) is 4.24. The second kappa shape index (κ2) is 10.1. The largest absolute Gasteiger partial charge is 0.461 e. The maximum Gasteiger partial charge on any atom is 0.360 e. The maximum atomic E-state index is 13.0. The molecule has 2 heterocycles. The number of rotatable bonds is 4. The van der Waals surface area contributed by atoms with Crippen LogP contribution in [0.1, 0.15) is 34.2 Å². The molecule has 4 rings (SSSR count). The van der Waals surface area contributed by atoms with E-state index in [4.69, 9.17) is 39.5 Å². The predicted molar refractivity (Wildman–Crippen MR) is 130 cm³/mol. The summed E-state index contributed by atoms with van der Waals surface area (Å²) in [6, 6.07) is 10.1. The van der Waals surface area contributed by atoms with Gasteiger partial charge in [0.15, 0.2) is 11.5 Å². The lowest BCUT2D eigenvalue weighted by molar-refractivity contribution is 0.0520. The van der Waals surface area contributed by atoms with Gasteiger partial charge in [0.2, 0.25) is 0 Å². The van der Waals surface area contributed by atoms with Crippen molar-refractivity contribution in [3.63, 3.8) is 0 Å². The summed E-state index contributed by atoms with van der Waals surface area (Å²) in [5, 5.41) is 1.19. The smallest absolute Gasteiger partial charge is 0.360 e. The van der Waals surface area contributed by atoms with Crippen LogP contribution in [0.15, 0.2) is 36.4 Å². The number of carbonyl (C=O) groups excluding carboxylic acids is 2. The molecule has 1 saturated heterocycles. The molecule has 1 aliphatic heterocycles. The maximum absolute atomic E-state index is 13.0. The average Bonchev–Trinajstić information content (AvgIpc) is 3.05. The average molecular weight is 508 g/mol. The highest BCUT2D eigenvalue weighted by atomic mass is 35.5. The molecule has 0 bridgehead atoms. The standard InChI is InChI=1S/C23H21Cl3N4O3/c1-2-33-23(32)20-21(28-19-13-17(26)16(25)12-18(19)27-20)29-7-4-8-30(10-9-29)22(31)14-5-3-6-15(24)11-14/h3,5-6,11-13H,2,4,7-10H2,1H3. The van der Waals surface area contributed by atoms with Crippen LogP contribution in [-0.4, -0.2) is 59.5 Å². The second-order valence-electron chi connectivity index (χ2n) is 7.51. The molecule has 172 valence electrons. The van der Waals surface area contributed by atoms with Gasteiger partial charge in [-0.05, 0) is 43.7 Å². The first kappa shape index (κ1) is 23.5. The van der Waals surface area contributed by atoms with E-state index in [-0.39, 0.29) is 18.2 Å². The first-order valence-electron chi connectivity index (χ1n) is 10.5. The third-order valence-electron chi connectivity index (χ3n) is 5.31. The molecule has 1 aliphatic rings. The number of esters is 1. The third-order valence-corrected chi connectivity index (χ3v) is 6.27. The Bertz CT molecular complexity index is 1220. The van der Waals surface area contributed by atoms with Crippen molar-refractivity contribution < 1.29 is 14.3 Å². The number of halogens is 3. The van der Waals surface area contributed by atoms with Crippen LogP contribution in [0, 0.1) is 0 Å². The zero-order chi connectivity index (χ0) is 23.5. The number of nitrogens with zero attached hydrogens (tertiary/aromatic N) is 4. The molecule has 0 saturated carbocycles.